The van der Waals surface area contributed by atoms with Gasteiger partial charge in [-0.25, -0.2) is 0 Å². The number of benzene rings is 3. The van der Waals surface area contributed by atoms with Gasteiger partial charge in [0.1, 0.15) is 18.5 Å². The SMILES string of the molecule is CN(C)CCOc1ccc(/C(=C(/CCCCCCCCCCNC(=O)C[PH3+])c2ccccc2)c2ccccc2)cc1. The van der Waals surface area contributed by atoms with Crippen molar-refractivity contribution in [3.05, 3.63) is 102 Å². The number of carbonyl (C=O) groups is 1. The third kappa shape index (κ3) is 12.2. The van der Waals surface area contributed by atoms with Crippen LogP contribution in [0.2, 0.25) is 0 Å². The van der Waals surface area contributed by atoms with E-state index in [4.69, 9.17) is 4.74 Å². The highest BCUT2D eigenvalue weighted by atomic mass is 31.0. The molecule has 1 amide bonds. The molecule has 0 aliphatic heterocycles. The summed E-state index contributed by atoms with van der Waals surface area (Å²) in [6, 6.07) is 30.3. The Morgan fingerprint density at radius 2 is 1.24 bits per heavy atom. The number of amides is 1. The third-order valence-electron chi connectivity index (χ3n) is 7.34. The van der Waals surface area contributed by atoms with E-state index in [1.807, 2.05) is 0 Å². The minimum atomic E-state index is 0.171. The van der Waals surface area contributed by atoms with Crippen LogP contribution in [0.25, 0.3) is 11.1 Å². The lowest BCUT2D eigenvalue weighted by Crippen LogP contribution is -2.25. The molecule has 0 heterocycles. The zero-order valence-electron chi connectivity index (χ0n) is 25.2. The van der Waals surface area contributed by atoms with Gasteiger partial charge < -0.3 is 15.0 Å². The number of likely N-dealkylation sites (N-methyl/N-ethyl adjacent to an activating group) is 1. The van der Waals surface area contributed by atoms with Crippen molar-refractivity contribution in [1.29, 1.82) is 0 Å². The van der Waals surface area contributed by atoms with Crippen LogP contribution in [0.1, 0.15) is 74.5 Å². The van der Waals surface area contributed by atoms with E-state index < -0.39 is 0 Å². The first-order chi connectivity index (χ1) is 20.1. The van der Waals surface area contributed by atoms with Gasteiger partial charge in [0.25, 0.3) is 5.91 Å². The van der Waals surface area contributed by atoms with Crippen LogP contribution in [-0.4, -0.2) is 50.8 Å². The van der Waals surface area contributed by atoms with Gasteiger partial charge in [-0.1, -0.05) is 111 Å². The average molecular weight is 574 g/mol. The first kappa shape index (κ1) is 32.6. The summed E-state index contributed by atoms with van der Waals surface area (Å²) >= 11 is 0. The topological polar surface area (TPSA) is 41.6 Å². The van der Waals surface area contributed by atoms with Crippen LogP contribution in [0.4, 0.5) is 0 Å². The molecule has 0 radical (unpaired) electrons. The van der Waals surface area contributed by atoms with E-state index in [1.54, 1.807) is 9.24 Å². The summed E-state index contributed by atoms with van der Waals surface area (Å²) in [6.45, 7) is 2.40. The van der Waals surface area contributed by atoms with Crippen LogP contribution < -0.4 is 10.1 Å². The summed E-state index contributed by atoms with van der Waals surface area (Å²) in [5, 5.41) is 2.98. The predicted molar refractivity (Wildman–Crippen MR) is 180 cm³/mol. The second kappa shape index (κ2) is 19.2. The Balaban J connectivity index is 1.65. The molecule has 0 bridgehead atoms. The molecule has 1 unspecified atom stereocenters. The normalized spacial score (nSPS) is 11.9. The Bertz CT molecular complexity index is 1160. The highest BCUT2D eigenvalue weighted by molar-refractivity contribution is 7.18. The van der Waals surface area contributed by atoms with Crippen molar-refractivity contribution in [2.45, 2.75) is 57.8 Å². The number of hydrogen-bond acceptors (Lipinski definition) is 3. The van der Waals surface area contributed by atoms with Crippen molar-refractivity contribution >= 4 is 26.3 Å². The molecule has 3 rings (SSSR count). The number of hydrogen-bond donors (Lipinski definition) is 1. The summed E-state index contributed by atoms with van der Waals surface area (Å²) in [6.07, 6.45) is 11.5. The quantitative estimate of drug-likeness (QED) is 0.0903. The number of carbonyl (C=O) groups excluding carboxylic acids is 1. The first-order valence-electron chi connectivity index (χ1n) is 15.4. The van der Waals surface area contributed by atoms with E-state index in [0.717, 1.165) is 31.7 Å². The van der Waals surface area contributed by atoms with Gasteiger partial charge in [0.15, 0.2) is 0 Å². The van der Waals surface area contributed by atoms with Crippen molar-refractivity contribution in [1.82, 2.24) is 10.2 Å². The second-order valence-electron chi connectivity index (χ2n) is 10.9. The molecule has 0 aromatic heterocycles. The molecule has 0 aliphatic carbocycles. The second-order valence-corrected chi connectivity index (χ2v) is 11.4. The fourth-order valence-corrected chi connectivity index (χ4v) is 5.22. The molecule has 0 saturated carbocycles. The Kier molecular flexibility index (Phi) is 15.3. The fourth-order valence-electron chi connectivity index (χ4n) is 5.04. The van der Waals surface area contributed by atoms with E-state index in [1.165, 1.54) is 72.8 Å². The van der Waals surface area contributed by atoms with Crippen LogP contribution in [0.5, 0.6) is 5.75 Å². The molecular formula is C36H50N2O2P+. The summed E-state index contributed by atoms with van der Waals surface area (Å²) < 4.78 is 5.98. The lowest BCUT2D eigenvalue weighted by atomic mass is 9.86. The maximum Gasteiger partial charge on any atom is 0.257 e. The molecule has 0 aliphatic rings. The van der Waals surface area contributed by atoms with E-state index in [-0.39, 0.29) is 5.91 Å². The van der Waals surface area contributed by atoms with Crippen LogP contribution >= 0.6 is 9.24 Å². The molecule has 41 heavy (non-hydrogen) atoms. The zero-order chi connectivity index (χ0) is 29.1. The molecule has 220 valence electrons. The average Bonchev–Trinajstić information content (AvgIpc) is 3.00. The van der Waals surface area contributed by atoms with Crippen molar-refractivity contribution in [2.24, 2.45) is 0 Å². The van der Waals surface area contributed by atoms with Crippen molar-refractivity contribution in [2.75, 3.05) is 40.0 Å². The number of nitrogens with one attached hydrogen (secondary N) is 1. The number of ether oxygens (including phenoxy) is 1. The summed E-state index contributed by atoms with van der Waals surface area (Å²) in [7, 11) is 5.84. The Morgan fingerprint density at radius 1 is 0.707 bits per heavy atom. The monoisotopic (exact) mass is 573 g/mol. The summed E-state index contributed by atoms with van der Waals surface area (Å²) in [5.74, 6) is 1.08. The molecular weight excluding hydrogens is 523 g/mol. The largest absolute Gasteiger partial charge is 0.492 e. The van der Waals surface area contributed by atoms with E-state index in [2.05, 4.69) is 109 Å². The van der Waals surface area contributed by atoms with Crippen LogP contribution in [0.15, 0.2) is 84.9 Å². The van der Waals surface area contributed by atoms with Gasteiger partial charge in [0.2, 0.25) is 0 Å². The molecule has 1 atom stereocenters. The molecule has 0 spiro atoms. The molecule has 3 aromatic rings. The smallest absolute Gasteiger partial charge is 0.257 e. The van der Waals surface area contributed by atoms with Crippen molar-refractivity contribution < 1.29 is 9.53 Å². The van der Waals surface area contributed by atoms with Crippen LogP contribution in [-0.2, 0) is 4.79 Å². The van der Waals surface area contributed by atoms with Gasteiger partial charge in [0, 0.05) is 13.1 Å². The molecule has 3 aromatic carbocycles. The van der Waals surface area contributed by atoms with E-state index in [0.29, 0.717) is 12.8 Å². The molecule has 5 heteroatoms. The highest BCUT2D eigenvalue weighted by Crippen LogP contribution is 2.36. The predicted octanol–water partition coefficient (Wildman–Crippen LogP) is 7.82. The number of unbranched alkanes of at least 4 members (excludes halogenated alkanes) is 7. The minimum absolute atomic E-state index is 0.171. The van der Waals surface area contributed by atoms with Crippen molar-refractivity contribution in [3.63, 3.8) is 0 Å². The highest BCUT2D eigenvalue weighted by Gasteiger charge is 2.14. The number of rotatable bonds is 19. The van der Waals surface area contributed by atoms with Gasteiger partial charge in [-0.2, -0.15) is 0 Å². The van der Waals surface area contributed by atoms with Gasteiger partial charge in [0.05, 0.1) is 0 Å². The first-order valence-corrected chi connectivity index (χ1v) is 16.4. The molecule has 4 nitrogen and oxygen atoms in total. The van der Waals surface area contributed by atoms with Crippen LogP contribution in [0, 0.1) is 0 Å². The summed E-state index contributed by atoms with van der Waals surface area (Å²) in [4.78, 5) is 13.5. The maximum atomic E-state index is 11.3. The summed E-state index contributed by atoms with van der Waals surface area (Å²) in [5.41, 5.74) is 6.50. The fraction of sp³-hybridized carbons (Fsp3) is 0.417. The molecule has 1 N–H and O–H groups in total. The van der Waals surface area contributed by atoms with Crippen LogP contribution in [0.3, 0.4) is 0 Å². The zero-order valence-corrected chi connectivity index (χ0v) is 26.7. The lowest BCUT2D eigenvalue weighted by molar-refractivity contribution is -0.118. The Hall–Kier alpha value is -2.94. The third-order valence-corrected chi connectivity index (χ3v) is 7.79. The maximum absolute atomic E-state index is 11.3. The van der Waals surface area contributed by atoms with E-state index >= 15 is 0 Å². The van der Waals surface area contributed by atoms with E-state index in [9.17, 15) is 4.79 Å². The Labute approximate surface area is 250 Å². The van der Waals surface area contributed by atoms with Gasteiger partial charge in [-0.15, -0.1) is 0 Å². The molecule has 0 saturated heterocycles. The standard InChI is InChI=1S/C36H49N2O2P/c1-38(2)27-28-40-33-24-22-32(23-25-33)36(31-19-13-10-14-20-31)34(30-17-11-9-12-18-30)21-15-7-5-3-4-6-8-16-26-37-35(39)29-41/h9-14,17-20,22-25H,3-8,15-16,21,26-29,41H2,1-2H3,(H,37,39)/p+1/b36-34-. The lowest BCUT2D eigenvalue weighted by Gasteiger charge is -2.18. The van der Waals surface area contributed by atoms with Gasteiger partial charge in [-0.3, -0.25) is 4.79 Å². The number of nitrogens with zero attached hydrogens (tertiary/aromatic N) is 1. The minimum Gasteiger partial charge on any atom is -0.492 e. The van der Waals surface area contributed by atoms with Gasteiger partial charge >= 0.3 is 0 Å². The van der Waals surface area contributed by atoms with Gasteiger partial charge in [-0.05, 0) is 82.6 Å². The molecule has 0 fully saturated rings. The Morgan fingerprint density at radius 3 is 1.83 bits per heavy atom. The number of allylic oxidation sites excluding steroid dienone is 1. The van der Waals surface area contributed by atoms with Crippen molar-refractivity contribution in [3.8, 4) is 5.75 Å².